The Morgan fingerprint density at radius 2 is 1.69 bits per heavy atom. The molecule has 0 spiro atoms. The van der Waals surface area contributed by atoms with Gasteiger partial charge in [-0.1, -0.05) is 18.2 Å². The normalized spacial score (nSPS) is 28.9. The molecule has 1 unspecified atom stereocenters. The fourth-order valence-electron chi connectivity index (χ4n) is 6.65. The lowest BCUT2D eigenvalue weighted by atomic mass is 9.53. The number of carbonyl (C=O) groups excluding carboxylic acids is 2. The van der Waals surface area contributed by atoms with Crippen LogP contribution in [0.3, 0.4) is 0 Å². The first-order valence-electron chi connectivity index (χ1n) is 12.0. The summed E-state index contributed by atoms with van der Waals surface area (Å²) in [5, 5.41) is 9.21. The largest absolute Gasteiger partial charge is 0.496 e. The van der Waals surface area contributed by atoms with Crippen molar-refractivity contribution in [3.05, 3.63) is 29.8 Å². The number of nitrogens with zero attached hydrogens (tertiary/aromatic N) is 1. The molecule has 4 bridgehead atoms. The molecule has 4 saturated carbocycles. The highest BCUT2D eigenvalue weighted by Gasteiger charge is 2.51. The summed E-state index contributed by atoms with van der Waals surface area (Å²) >= 11 is 0. The monoisotopic (exact) mass is 442 g/mol. The molecule has 1 aromatic carbocycles. The Kier molecular flexibility index (Phi) is 6.93. The lowest BCUT2D eigenvalue weighted by Crippen LogP contribution is -2.61. The van der Waals surface area contributed by atoms with Crippen molar-refractivity contribution in [1.29, 1.82) is 0 Å². The molecule has 0 radical (unpaired) electrons. The predicted octanol–water partition coefficient (Wildman–Crippen LogP) is 3.07. The van der Waals surface area contributed by atoms with Crippen LogP contribution < -0.4 is 20.7 Å². The summed E-state index contributed by atoms with van der Waals surface area (Å²) in [5.74, 6) is 3.12. The third kappa shape index (κ3) is 5.20. The van der Waals surface area contributed by atoms with E-state index in [9.17, 15) is 9.59 Å². The molecule has 7 nitrogen and oxygen atoms in total. The Morgan fingerprint density at radius 3 is 2.28 bits per heavy atom. The number of hydrogen-bond donors (Lipinski definition) is 3. The van der Waals surface area contributed by atoms with Crippen LogP contribution in [-0.4, -0.2) is 56.7 Å². The Labute approximate surface area is 191 Å². The summed E-state index contributed by atoms with van der Waals surface area (Å²) in [6.07, 6.45) is 7.70. The summed E-state index contributed by atoms with van der Waals surface area (Å²) < 4.78 is 5.48. The Balaban J connectivity index is 1.21. The molecule has 4 aliphatic carbocycles. The Bertz CT molecular complexity index is 790. The number of urea groups is 1. The fraction of sp³-hybridized carbons (Fsp3) is 0.680. The molecule has 4 aliphatic rings. The van der Waals surface area contributed by atoms with Crippen LogP contribution in [0.4, 0.5) is 4.79 Å². The van der Waals surface area contributed by atoms with E-state index in [4.69, 9.17) is 4.74 Å². The number of hydrogen-bond acceptors (Lipinski definition) is 4. The number of benzene rings is 1. The van der Waals surface area contributed by atoms with Gasteiger partial charge < -0.3 is 25.6 Å². The molecule has 7 heteroatoms. The van der Waals surface area contributed by atoms with Gasteiger partial charge in [-0.2, -0.15) is 0 Å². The van der Waals surface area contributed by atoms with E-state index in [2.05, 4.69) is 20.9 Å². The minimum absolute atomic E-state index is 0.00226. The number of carbonyl (C=O) groups is 2. The second-order valence-corrected chi connectivity index (χ2v) is 10.4. The number of rotatable bonds is 9. The number of ether oxygens (including phenoxy) is 1. The predicted molar refractivity (Wildman–Crippen MR) is 124 cm³/mol. The molecular formula is C25H38N4O3. The molecule has 1 atom stereocenters. The summed E-state index contributed by atoms with van der Waals surface area (Å²) in [7, 11) is 5.63. The van der Waals surface area contributed by atoms with E-state index in [0.717, 1.165) is 48.3 Å². The molecule has 0 aliphatic heterocycles. The number of para-hydroxylation sites is 1. The zero-order valence-corrected chi connectivity index (χ0v) is 19.7. The van der Waals surface area contributed by atoms with Gasteiger partial charge in [0.05, 0.1) is 13.2 Å². The van der Waals surface area contributed by atoms with Crippen LogP contribution in [0.15, 0.2) is 24.3 Å². The summed E-state index contributed by atoms with van der Waals surface area (Å²) in [5.41, 5.74) is 1.03. The van der Waals surface area contributed by atoms with Crippen molar-refractivity contribution in [3.63, 3.8) is 0 Å². The van der Waals surface area contributed by atoms with Gasteiger partial charge in [-0.25, -0.2) is 4.79 Å². The van der Waals surface area contributed by atoms with E-state index in [-0.39, 0.29) is 29.9 Å². The third-order valence-electron chi connectivity index (χ3n) is 7.67. The molecule has 3 N–H and O–H groups in total. The SMILES string of the molecule is COc1ccccc1C(CNC(=O)CCNC(=O)NC12CC3CC(CC(C3)C1)C2)N(C)C. The standard InChI is InChI=1S/C25H38N4O3/c1-29(2)21(20-6-4-5-7-22(20)32-3)16-27-23(30)8-9-26-24(31)28-25-13-17-10-18(14-25)12-19(11-17)15-25/h4-7,17-19,21H,8-16H2,1-3H3,(H,27,30)(H2,26,28,31). The average Bonchev–Trinajstić information content (AvgIpc) is 2.72. The van der Waals surface area contributed by atoms with E-state index < -0.39 is 0 Å². The van der Waals surface area contributed by atoms with E-state index in [1.807, 2.05) is 38.4 Å². The van der Waals surface area contributed by atoms with Gasteiger partial charge in [-0.15, -0.1) is 0 Å². The quantitative estimate of drug-likeness (QED) is 0.549. The minimum Gasteiger partial charge on any atom is -0.496 e. The topological polar surface area (TPSA) is 82.7 Å². The molecule has 0 aromatic heterocycles. The van der Waals surface area contributed by atoms with Crippen molar-refractivity contribution >= 4 is 11.9 Å². The molecule has 4 fully saturated rings. The smallest absolute Gasteiger partial charge is 0.315 e. The number of methoxy groups -OCH3 is 1. The van der Waals surface area contributed by atoms with Gasteiger partial charge in [0.25, 0.3) is 0 Å². The highest BCUT2D eigenvalue weighted by Crippen LogP contribution is 2.55. The van der Waals surface area contributed by atoms with Crippen molar-refractivity contribution in [2.75, 3.05) is 34.3 Å². The summed E-state index contributed by atoms with van der Waals surface area (Å²) in [4.78, 5) is 27.0. The third-order valence-corrected chi connectivity index (χ3v) is 7.67. The maximum absolute atomic E-state index is 12.5. The van der Waals surface area contributed by atoms with Crippen LogP contribution >= 0.6 is 0 Å². The van der Waals surface area contributed by atoms with E-state index in [1.54, 1.807) is 7.11 Å². The number of amides is 3. The number of likely N-dealkylation sites (N-methyl/N-ethyl adjacent to an activating group) is 1. The molecule has 5 rings (SSSR count). The maximum atomic E-state index is 12.5. The average molecular weight is 443 g/mol. The molecule has 0 heterocycles. The van der Waals surface area contributed by atoms with Crippen LogP contribution in [0.5, 0.6) is 5.75 Å². The maximum Gasteiger partial charge on any atom is 0.315 e. The molecule has 3 amide bonds. The van der Waals surface area contributed by atoms with E-state index in [1.165, 1.54) is 19.3 Å². The first-order chi connectivity index (χ1) is 15.4. The second-order valence-electron chi connectivity index (χ2n) is 10.4. The first kappa shape index (κ1) is 22.9. The summed E-state index contributed by atoms with van der Waals surface area (Å²) in [6, 6.07) is 7.74. The highest BCUT2D eigenvalue weighted by molar-refractivity contribution is 5.78. The van der Waals surface area contributed by atoms with Gasteiger partial charge in [-0.3, -0.25) is 4.79 Å². The van der Waals surface area contributed by atoms with Gasteiger partial charge in [0, 0.05) is 30.6 Å². The zero-order valence-electron chi connectivity index (χ0n) is 19.7. The van der Waals surface area contributed by atoms with Gasteiger partial charge in [0.1, 0.15) is 5.75 Å². The van der Waals surface area contributed by atoms with Crippen LogP contribution in [0, 0.1) is 17.8 Å². The Hall–Kier alpha value is -2.28. The lowest BCUT2D eigenvalue weighted by Gasteiger charge is -2.56. The summed E-state index contributed by atoms with van der Waals surface area (Å²) in [6.45, 7) is 0.816. The van der Waals surface area contributed by atoms with Gasteiger partial charge >= 0.3 is 6.03 Å². The second kappa shape index (κ2) is 9.69. The molecule has 176 valence electrons. The van der Waals surface area contributed by atoms with Gasteiger partial charge in [0.15, 0.2) is 0 Å². The Morgan fingerprint density at radius 1 is 1.06 bits per heavy atom. The molecule has 32 heavy (non-hydrogen) atoms. The van der Waals surface area contributed by atoms with Crippen LogP contribution in [0.25, 0.3) is 0 Å². The van der Waals surface area contributed by atoms with Crippen LogP contribution in [0.1, 0.15) is 56.6 Å². The van der Waals surface area contributed by atoms with Crippen molar-refractivity contribution < 1.29 is 14.3 Å². The number of nitrogens with one attached hydrogen (secondary N) is 3. The van der Waals surface area contributed by atoms with Crippen molar-refractivity contribution in [3.8, 4) is 5.75 Å². The van der Waals surface area contributed by atoms with Crippen molar-refractivity contribution in [1.82, 2.24) is 20.9 Å². The first-order valence-corrected chi connectivity index (χ1v) is 12.0. The molecular weight excluding hydrogens is 404 g/mol. The van der Waals surface area contributed by atoms with E-state index >= 15 is 0 Å². The fourth-order valence-corrected chi connectivity index (χ4v) is 6.65. The van der Waals surface area contributed by atoms with E-state index in [0.29, 0.717) is 13.1 Å². The lowest BCUT2D eigenvalue weighted by molar-refractivity contribution is -0.121. The van der Waals surface area contributed by atoms with Crippen molar-refractivity contribution in [2.24, 2.45) is 17.8 Å². The minimum atomic E-state index is -0.125. The van der Waals surface area contributed by atoms with Gasteiger partial charge in [0.2, 0.25) is 5.91 Å². The molecule has 1 aromatic rings. The van der Waals surface area contributed by atoms with Crippen LogP contribution in [0.2, 0.25) is 0 Å². The zero-order chi connectivity index (χ0) is 22.7. The van der Waals surface area contributed by atoms with Gasteiger partial charge in [-0.05, 0) is 76.4 Å². The van der Waals surface area contributed by atoms with Crippen molar-refractivity contribution in [2.45, 2.75) is 56.5 Å². The molecule has 0 saturated heterocycles. The highest BCUT2D eigenvalue weighted by atomic mass is 16.5. The van der Waals surface area contributed by atoms with Crippen LogP contribution in [-0.2, 0) is 4.79 Å².